The maximum atomic E-state index is 12.0. The first kappa shape index (κ1) is 13.1. The van der Waals surface area contributed by atoms with Gasteiger partial charge in [0.15, 0.2) is 9.84 Å². The topological polar surface area (TPSA) is 80.7 Å². The molecule has 1 N–H and O–H groups in total. The summed E-state index contributed by atoms with van der Waals surface area (Å²) in [5.41, 5.74) is 0.529. The van der Waals surface area contributed by atoms with Gasteiger partial charge >= 0.3 is 5.97 Å². The number of aliphatic hydroxyl groups is 1. The zero-order chi connectivity index (χ0) is 13.3. The number of aliphatic hydroxyl groups excluding tert-OH is 1. The number of esters is 1. The number of halogens is 1. The first-order valence-corrected chi connectivity index (χ1v) is 7.00. The average Bonchev–Trinajstić information content (AvgIpc) is 2.54. The van der Waals surface area contributed by atoms with E-state index in [1.807, 2.05) is 0 Å². The fraction of sp³-hybridized carbons (Fsp3) is 0.182. The van der Waals surface area contributed by atoms with Crippen LogP contribution in [0.2, 0.25) is 0 Å². The predicted octanol–water partition coefficient (Wildman–Crippen LogP) is 0.927. The highest BCUT2D eigenvalue weighted by Gasteiger charge is 2.39. The molecule has 0 amide bonds. The Bertz CT molecular complexity index is 606. The highest BCUT2D eigenvalue weighted by atomic mass is 35.5. The maximum absolute atomic E-state index is 12.0. The van der Waals surface area contributed by atoms with Crippen LogP contribution in [0.4, 0.5) is 0 Å². The summed E-state index contributed by atoms with van der Waals surface area (Å²) < 4.78 is 28.4. The van der Waals surface area contributed by atoms with Crippen LogP contribution in [0.5, 0.6) is 0 Å². The summed E-state index contributed by atoms with van der Waals surface area (Å²) >= 11 is 5.54. The van der Waals surface area contributed by atoms with E-state index in [1.54, 1.807) is 30.3 Å². The first-order valence-electron chi connectivity index (χ1n) is 4.97. The van der Waals surface area contributed by atoms with Gasteiger partial charge in [0.1, 0.15) is 9.94 Å². The molecule has 0 spiro atoms. The zero-order valence-electron chi connectivity index (χ0n) is 9.04. The van der Waals surface area contributed by atoms with Crippen molar-refractivity contribution < 1.29 is 23.1 Å². The summed E-state index contributed by atoms with van der Waals surface area (Å²) in [7, 11) is -3.89. The van der Waals surface area contributed by atoms with Crippen molar-refractivity contribution in [3.8, 4) is 0 Å². The van der Waals surface area contributed by atoms with Crippen LogP contribution in [0.15, 0.2) is 40.3 Å². The quantitative estimate of drug-likeness (QED) is 0.837. The van der Waals surface area contributed by atoms with Gasteiger partial charge in [0.25, 0.3) is 0 Å². The number of carbonyl (C=O) groups is 1. The lowest BCUT2D eigenvalue weighted by Gasteiger charge is -2.08. The van der Waals surface area contributed by atoms with Crippen LogP contribution in [-0.4, -0.2) is 25.8 Å². The summed E-state index contributed by atoms with van der Waals surface area (Å²) in [6.07, 6.45) is -1.82. The fourth-order valence-corrected chi connectivity index (χ4v) is 3.57. The van der Waals surface area contributed by atoms with Crippen LogP contribution < -0.4 is 0 Å². The van der Waals surface area contributed by atoms with Crippen molar-refractivity contribution in [2.24, 2.45) is 0 Å². The van der Waals surface area contributed by atoms with Crippen molar-refractivity contribution in [3.05, 3.63) is 45.8 Å². The molecule has 0 radical (unpaired) electrons. The second kappa shape index (κ2) is 4.72. The second-order valence-corrected chi connectivity index (χ2v) is 6.02. The monoisotopic (exact) mass is 288 g/mol. The third kappa shape index (κ3) is 2.40. The Labute approximate surface area is 109 Å². The van der Waals surface area contributed by atoms with Gasteiger partial charge < -0.3 is 9.84 Å². The SMILES string of the molecule is O=C1O[C@@H](O)C(S(=O)(=O)Cc2ccccc2)=C1Cl. The predicted molar refractivity (Wildman–Crippen MR) is 64.0 cm³/mol. The lowest BCUT2D eigenvalue weighted by atomic mass is 10.2. The number of carbonyl (C=O) groups excluding carboxylic acids is 1. The molecule has 5 nitrogen and oxygen atoms in total. The third-order valence-electron chi connectivity index (χ3n) is 2.37. The molecule has 7 heteroatoms. The Kier molecular flexibility index (Phi) is 3.43. The lowest BCUT2D eigenvalue weighted by Crippen LogP contribution is -2.18. The molecule has 1 atom stereocenters. The maximum Gasteiger partial charge on any atom is 0.353 e. The highest BCUT2D eigenvalue weighted by molar-refractivity contribution is 7.94. The van der Waals surface area contributed by atoms with Crippen LogP contribution in [-0.2, 0) is 25.1 Å². The molecule has 0 unspecified atom stereocenters. The molecule has 96 valence electrons. The molecule has 1 aromatic carbocycles. The summed E-state index contributed by atoms with van der Waals surface area (Å²) in [5, 5.41) is 8.79. The van der Waals surface area contributed by atoms with Crippen molar-refractivity contribution in [1.82, 2.24) is 0 Å². The molecule has 0 aromatic heterocycles. The summed E-state index contributed by atoms with van der Waals surface area (Å²) in [6, 6.07) is 8.37. The summed E-state index contributed by atoms with van der Waals surface area (Å²) in [6.45, 7) is 0. The van der Waals surface area contributed by atoms with Gasteiger partial charge in [-0.1, -0.05) is 41.9 Å². The normalized spacial score (nSPS) is 20.1. The molecule has 1 aliphatic heterocycles. The van der Waals surface area contributed by atoms with Crippen molar-refractivity contribution in [1.29, 1.82) is 0 Å². The van der Waals surface area contributed by atoms with Gasteiger partial charge in [0, 0.05) is 0 Å². The number of rotatable bonds is 3. The van der Waals surface area contributed by atoms with E-state index < -0.39 is 32.0 Å². The fourth-order valence-electron chi connectivity index (χ4n) is 1.58. The van der Waals surface area contributed by atoms with Crippen molar-refractivity contribution in [2.75, 3.05) is 0 Å². The lowest BCUT2D eigenvalue weighted by molar-refractivity contribution is -0.150. The molecule has 1 heterocycles. The van der Waals surface area contributed by atoms with E-state index in [9.17, 15) is 18.3 Å². The number of hydrogen-bond donors (Lipinski definition) is 1. The Morgan fingerprint density at radius 2 is 1.89 bits per heavy atom. The Morgan fingerprint density at radius 3 is 2.39 bits per heavy atom. The number of sulfone groups is 1. The molecule has 1 aromatic rings. The summed E-state index contributed by atoms with van der Waals surface area (Å²) in [5.74, 6) is -1.39. The Balaban J connectivity index is 2.36. The van der Waals surface area contributed by atoms with E-state index in [2.05, 4.69) is 4.74 Å². The van der Waals surface area contributed by atoms with Crippen LogP contribution in [0.1, 0.15) is 5.56 Å². The van der Waals surface area contributed by atoms with Crippen molar-refractivity contribution in [3.63, 3.8) is 0 Å². The van der Waals surface area contributed by atoms with Gasteiger partial charge in [-0.25, -0.2) is 13.2 Å². The Morgan fingerprint density at radius 1 is 1.28 bits per heavy atom. The van der Waals surface area contributed by atoms with E-state index >= 15 is 0 Å². The van der Waals surface area contributed by atoms with Crippen LogP contribution in [0, 0.1) is 0 Å². The second-order valence-electron chi connectivity index (χ2n) is 3.68. The van der Waals surface area contributed by atoms with E-state index in [1.165, 1.54) is 0 Å². The van der Waals surface area contributed by atoms with Gasteiger partial charge in [-0.05, 0) is 5.56 Å². The van der Waals surface area contributed by atoms with Crippen molar-refractivity contribution >= 4 is 27.4 Å². The van der Waals surface area contributed by atoms with E-state index in [-0.39, 0.29) is 5.75 Å². The number of hydrogen-bond acceptors (Lipinski definition) is 5. The van der Waals surface area contributed by atoms with E-state index in [0.717, 1.165) is 0 Å². The summed E-state index contributed by atoms with van der Waals surface area (Å²) in [4.78, 5) is 10.5. The standard InChI is InChI=1S/C11H9ClO5S/c12-8-9(11(14)17-10(8)13)18(15,16)6-7-4-2-1-3-5-7/h1-5,11,14H,6H2/t11-/m1/s1. The van der Waals surface area contributed by atoms with E-state index in [0.29, 0.717) is 5.56 Å². The number of benzene rings is 1. The Hall–Kier alpha value is -1.37. The highest BCUT2D eigenvalue weighted by Crippen LogP contribution is 2.30. The largest absolute Gasteiger partial charge is 0.426 e. The zero-order valence-corrected chi connectivity index (χ0v) is 10.6. The van der Waals surface area contributed by atoms with E-state index in [4.69, 9.17) is 11.6 Å². The average molecular weight is 289 g/mol. The third-order valence-corrected chi connectivity index (χ3v) is 4.63. The molecular weight excluding hydrogens is 280 g/mol. The van der Waals surface area contributed by atoms with Gasteiger partial charge in [-0.3, -0.25) is 0 Å². The van der Waals surface area contributed by atoms with Crippen molar-refractivity contribution in [2.45, 2.75) is 12.0 Å². The van der Waals surface area contributed by atoms with Gasteiger partial charge in [-0.2, -0.15) is 0 Å². The molecule has 0 fully saturated rings. The van der Waals surface area contributed by atoms with Crippen LogP contribution in [0.3, 0.4) is 0 Å². The molecule has 0 aliphatic carbocycles. The molecule has 18 heavy (non-hydrogen) atoms. The molecular formula is C11H9ClO5S. The van der Waals surface area contributed by atoms with Gasteiger partial charge in [0.05, 0.1) is 5.75 Å². The van der Waals surface area contributed by atoms with Gasteiger partial charge in [-0.15, -0.1) is 0 Å². The first-order chi connectivity index (χ1) is 8.42. The smallest absolute Gasteiger partial charge is 0.353 e. The van der Waals surface area contributed by atoms with Crippen LogP contribution >= 0.6 is 11.6 Å². The van der Waals surface area contributed by atoms with Crippen LogP contribution in [0.25, 0.3) is 0 Å². The molecule has 0 saturated heterocycles. The minimum atomic E-state index is -3.89. The number of ether oxygens (including phenoxy) is 1. The molecule has 0 bridgehead atoms. The van der Waals surface area contributed by atoms with Gasteiger partial charge in [0.2, 0.25) is 6.29 Å². The number of cyclic esters (lactones) is 1. The minimum absolute atomic E-state index is 0.354. The molecule has 0 saturated carbocycles. The molecule has 1 aliphatic rings. The minimum Gasteiger partial charge on any atom is -0.426 e. The molecule has 2 rings (SSSR count).